The number of carbonyl (C=O) groups is 2. The molecule has 1 aromatic rings. The van der Waals surface area contributed by atoms with Gasteiger partial charge in [-0.1, -0.05) is 25.2 Å². The van der Waals surface area contributed by atoms with Gasteiger partial charge in [0.05, 0.1) is 16.8 Å². The average molecular weight is 386 g/mol. The van der Waals surface area contributed by atoms with E-state index in [1.807, 2.05) is 13.8 Å². The Kier molecular flexibility index (Phi) is 4.76. The Labute approximate surface area is 151 Å². The predicted molar refractivity (Wildman–Crippen MR) is 96.3 cm³/mol. The summed E-state index contributed by atoms with van der Waals surface area (Å²) in [5, 5.41) is 3.28. The van der Waals surface area contributed by atoms with Crippen molar-refractivity contribution in [3.8, 4) is 0 Å². The number of aromatic nitrogens is 1. The molecule has 0 saturated carbocycles. The first kappa shape index (κ1) is 18.5. The van der Waals surface area contributed by atoms with Crippen LogP contribution in [0.5, 0.6) is 0 Å². The van der Waals surface area contributed by atoms with E-state index in [2.05, 4.69) is 10.3 Å². The van der Waals surface area contributed by atoms with E-state index < -0.39 is 10.0 Å². The van der Waals surface area contributed by atoms with Crippen molar-refractivity contribution in [1.82, 2.24) is 9.29 Å². The molecular weight excluding hydrogens is 362 g/mol. The molecule has 2 aliphatic rings. The Morgan fingerprint density at radius 1 is 1.28 bits per heavy atom. The van der Waals surface area contributed by atoms with Gasteiger partial charge in [0.1, 0.15) is 0 Å². The van der Waals surface area contributed by atoms with Gasteiger partial charge in [0.25, 0.3) is 0 Å². The van der Waals surface area contributed by atoms with E-state index in [-0.39, 0.29) is 23.0 Å². The fourth-order valence-electron chi connectivity index (χ4n) is 3.43. The van der Waals surface area contributed by atoms with Crippen LogP contribution in [-0.4, -0.2) is 48.7 Å². The van der Waals surface area contributed by atoms with E-state index in [9.17, 15) is 18.0 Å². The summed E-state index contributed by atoms with van der Waals surface area (Å²) in [6.45, 7) is 4.80. The quantitative estimate of drug-likeness (QED) is 0.857. The number of hydrogen-bond acceptors (Lipinski definition) is 6. The number of hydrogen-bond donors (Lipinski definition) is 1. The van der Waals surface area contributed by atoms with Crippen LogP contribution in [-0.2, 0) is 21.2 Å². The Morgan fingerprint density at radius 2 is 1.92 bits per heavy atom. The molecule has 1 amide bonds. The summed E-state index contributed by atoms with van der Waals surface area (Å²) in [4.78, 5) is 29.8. The minimum Gasteiger partial charge on any atom is -0.302 e. The van der Waals surface area contributed by atoms with Crippen LogP contribution in [0.15, 0.2) is 0 Å². The van der Waals surface area contributed by atoms with Crippen molar-refractivity contribution >= 4 is 38.2 Å². The highest BCUT2D eigenvalue weighted by Crippen LogP contribution is 2.38. The molecule has 0 bridgehead atoms. The number of rotatable bonds is 3. The third-order valence-electron chi connectivity index (χ3n) is 4.76. The number of amides is 1. The van der Waals surface area contributed by atoms with Gasteiger partial charge in [-0.25, -0.2) is 17.7 Å². The van der Waals surface area contributed by atoms with E-state index in [0.29, 0.717) is 42.4 Å². The Morgan fingerprint density at radius 3 is 2.52 bits per heavy atom. The van der Waals surface area contributed by atoms with Gasteiger partial charge in [0, 0.05) is 25.4 Å². The van der Waals surface area contributed by atoms with Crippen LogP contribution in [0.2, 0.25) is 0 Å². The lowest BCUT2D eigenvalue weighted by atomic mass is 9.78. The standard InChI is InChI=1S/C16H23N3O4S2/c1-16(2)8-11-13(12(20)9-16)24-15(17-11)18-14(21)10-4-6-19(7-5-10)25(3,22)23/h10H,4-9H2,1-3H3,(H,17,18,21). The van der Waals surface area contributed by atoms with E-state index in [1.165, 1.54) is 21.9 Å². The zero-order valence-corrected chi connectivity index (χ0v) is 16.3. The normalized spacial score (nSPS) is 21.8. The van der Waals surface area contributed by atoms with Crippen LogP contribution in [0, 0.1) is 11.3 Å². The molecule has 0 radical (unpaired) electrons. The highest BCUT2D eigenvalue weighted by molar-refractivity contribution is 7.88. The number of thiazole rings is 1. The average Bonchev–Trinajstić information content (AvgIpc) is 2.87. The van der Waals surface area contributed by atoms with Crippen LogP contribution in [0.4, 0.5) is 5.13 Å². The molecule has 2 heterocycles. The van der Waals surface area contributed by atoms with Gasteiger partial charge in [-0.15, -0.1) is 0 Å². The molecule has 1 aliphatic heterocycles. The molecule has 138 valence electrons. The molecule has 3 rings (SSSR count). The van der Waals surface area contributed by atoms with E-state index in [4.69, 9.17) is 0 Å². The van der Waals surface area contributed by atoms with Crippen molar-refractivity contribution in [1.29, 1.82) is 0 Å². The minimum atomic E-state index is -3.20. The SMILES string of the molecule is CC1(C)CC(=O)c2sc(NC(=O)C3CCN(S(C)(=O)=O)CC3)nc2C1. The van der Waals surface area contributed by atoms with Crippen molar-refractivity contribution < 1.29 is 18.0 Å². The Bertz CT molecular complexity index is 805. The third kappa shape index (κ3) is 4.09. The number of ketones is 1. The molecule has 0 aromatic carbocycles. The fraction of sp³-hybridized carbons (Fsp3) is 0.688. The van der Waals surface area contributed by atoms with Crippen molar-refractivity contribution in [2.75, 3.05) is 24.7 Å². The van der Waals surface area contributed by atoms with Gasteiger partial charge in [-0.05, 0) is 24.7 Å². The first-order valence-electron chi connectivity index (χ1n) is 8.34. The van der Waals surface area contributed by atoms with E-state index >= 15 is 0 Å². The summed E-state index contributed by atoms with van der Waals surface area (Å²) in [5.41, 5.74) is 0.672. The summed E-state index contributed by atoms with van der Waals surface area (Å²) in [5.74, 6) is -0.289. The second-order valence-electron chi connectivity index (χ2n) is 7.66. The van der Waals surface area contributed by atoms with Crippen LogP contribution in [0.25, 0.3) is 0 Å². The molecular formula is C16H23N3O4S2. The summed E-state index contributed by atoms with van der Waals surface area (Å²) in [6.07, 6.45) is 3.41. The number of fused-ring (bicyclic) bond motifs is 1. The van der Waals surface area contributed by atoms with Gasteiger partial charge in [-0.3, -0.25) is 9.59 Å². The number of Topliss-reactive ketones (excluding diaryl/α,β-unsaturated/α-hetero) is 1. The van der Waals surface area contributed by atoms with Gasteiger partial charge in [-0.2, -0.15) is 0 Å². The van der Waals surface area contributed by atoms with Crippen LogP contribution >= 0.6 is 11.3 Å². The van der Waals surface area contributed by atoms with Gasteiger partial charge in [0.2, 0.25) is 15.9 Å². The molecule has 1 aliphatic carbocycles. The molecule has 0 unspecified atom stereocenters. The van der Waals surface area contributed by atoms with Gasteiger partial charge >= 0.3 is 0 Å². The van der Waals surface area contributed by atoms with Crippen molar-refractivity contribution in [3.63, 3.8) is 0 Å². The second-order valence-corrected chi connectivity index (χ2v) is 10.6. The number of anilines is 1. The zero-order valence-electron chi connectivity index (χ0n) is 14.7. The molecule has 1 N–H and O–H groups in total. The minimum absolute atomic E-state index is 0.0886. The lowest BCUT2D eigenvalue weighted by molar-refractivity contribution is -0.120. The summed E-state index contributed by atoms with van der Waals surface area (Å²) in [7, 11) is -3.20. The fourth-order valence-corrected chi connectivity index (χ4v) is 5.23. The van der Waals surface area contributed by atoms with E-state index in [0.717, 1.165) is 12.1 Å². The largest absolute Gasteiger partial charge is 0.302 e. The van der Waals surface area contributed by atoms with Crippen LogP contribution in [0.1, 0.15) is 48.5 Å². The maximum Gasteiger partial charge on any atom is 0.229 e. The molecule has 0 atom stereocenters. The Balaban J connectivity index is 1.64. The summed E-state index contributed by atoms with van der Waals surface area (Å²) in [6, 6.07) is 0. The second kappa shape index (κ2) is 6.44. The molecule has 9 heteroatoms. The molecule has 7 nitrogen and oxygen atoms in total. The smallest absolute Gasteiger partial charge is 0.229 e. The number of nitrogens with one attached hydrogen (secondary N) is 1. The predicted octanol–water partition coefficient (Wildman–Crippen LogP) is 1.91. The molecule has 1 aromatic heterocycles. The molecule has 1 saturated heterocycles. The van der Waals surface area contributed by atoms with Crippen molar-refractivity contribution in [2.24, 2.45) is 11.3 Å². The zero-order chi connectivity index (χ0) is 18.4. The van der Waals surface area contributed by atoms with Gasteiger partial charge < -0.3 is 5.32 Å². The maximum absolute atomic E-state index is 12.4. The Hall–Kier alpha value is -1.32. The van der Waals surface area contributed by atoms with Crippen molar-refractivity contribution in [2.45, 2.75) is 39.5 Å². The van der Waals surface area contributed by atoms with Crippen LogP contribution < -0.4 is 5.32 Å². The number of piperidine rings is 1. The number of nitrogens with zero attached hydrogens (tertiary/aromatic N) is 2. The lowest BCUT2D eigenvalue weighted by Gasteiger charge is -2.29. The first-order valence-corrected chi connectivity index (χ1v) is 11.0. The highest BCUT2D eigenvalue weighted by atomic mass is 32.2. The molecule has 25 heavy (non-hydrogen) atoms. The number of sulfonamides is 1. The van der Waals surface area contributed by atoms with Crippen molar-refractivity contribution in [3.05, 3.63) is 10.6 Å². The van der Waals surface area contributed by atoms with Gasteiger partial charge in [0.15, 0.2) is 10.9 Å². The lowest BCUT2D eigenvalue weighted by Crippen LogP contribution is -2.40. The summed E-state index contributed by atoms with van der Waals surface area (Å²) >= 11 is 1.24. The summed E-state index contributed by atoms with van der Waals surface area (Å²) < 4.78 is 24.5. The first-order chi connectivity index (χ1) is 11.5. The number of carbonyl (C=O) groups excluding carboxylic acids is 2. The third-order valence-corrected chi connectivity index (χ3v) is 7.12. The maximum atomic E-state index is 12.4. The molecule has 0 spiro atoms. The van der Waals surface area contributed by atoms with Crippen LogP contribution in [0.3, 0.4) is 0 Å². The monoisotopic (exact) mass is 385 g/mol. The van der Waals surface area contributed by atoms with E-state index in [1.54, 1.807) is 0 Å². The topological polar surface area (TPSA) is 96.4 Å². The highest BCUT2D eigenvalue weighted by Gasteiger charge is 2.35. The molecule has 1 fully saturated rings.